The van der Waals surface area contributed by atoms with Crippen LogP contribution in [0.25, 0.3) is 0 Å². The summed E-state index contributed by atoms with van der Waals surface area (Å²) < 4.78 is 15.2. The van der Waals surface area contributed by atoms with Gasteiger partial charge in [0.2, 0.25) is 5.88 Å². The van der Waals surface area contributed by atoms with Gasteiger partial charge in [0.25, 0.3) is 5.91 Å². The number of nitrogens with zero attached hydrogens (tertiary/aromatic N) is 1. The second-order valence-electron chi connectivity index (χ2n) is 3.38. The number of anilines is 1. The van der Waals surface area contributed by atoms with Gasteiger partial charge in [-0.05, 0) is 19.1 Å². The fourth-order valence-electron chi connectivity index (χ4n) is 1.23. The zero-order valence-electron chi connectivity index (χ0n) is 10.6. The maximum Gasteiger partial charge on any atom is 0.250 e. The SMILES string of the molecule is CCOc1ncccc1NC(=O)COCCOC. The van der Waals surface area contributed by atoms with Gasteiger partial charge < -0.3 is 19.5 Å². The Morgan fingerprint density at radius 2 is 2.28 bits per heavy atom. The van der Waals surface area contributed by atoms with E-state index in [0.717, 1.165) is 0 Å². The first kappa shape index (κ1) is 14.4. The van der Waals surface area contributed by atoms with Gasteiger partial charge in [0.1, 0.15) is 12.3 Å². The van der Waals surface area contributed by atoms with Gasteiger partial charge in [-0.25, -0.2) is 4.98 Å². The van der Waals surface area contributed by atoms with E-state index in [4.69, 9.17) is 14.2 Å². The average Bonchev–Trinajstić information content (AvgIpc) is 2.37. The van der Waals surface area contributed by atoms with E-state index < -0.39 is 0 Å². The van der Waals surface area contributed by atoms with Crippen molar-refractivity contribution >= 4 is 11.6 Å². The number of carbonyl (C=O) groups is 1. The summed E-state index contributed by atoms with van der Waals surface area (Å²) >= 11 is 0. The highest BCUT2D eigenvalue weighted by Gasteiger charge is 2.08. The van der Waals surface area contributed by atoms with Crippen LogP contribution in [0.2, 0.25) is 0 Å². The van der Waals surface area contributed by atoms with Gasteiger partial charge in [-0.2, -0.15) is 0 Å². The maximum absolute atomic E-state index is 11.6. The van der Waals surface area contributed by atoms with Gasteiger partial charge >= 0.3 is 0 Å². The lowest BCUT2D eigenvalue weighted by atomic mass is 10.4. The highest BCUT2D eigenvalue weighted by atomic mass is 16.5. The summed E-state index contributed by atoms with van der Waals surface area (Å²) in [5.74, 6) is 0.158. The number of rotatable bonds is 8. The van der Waals surface area contributed by atoms with Gasteiger partial charge in [-0.3, -0.25) is 4.79 Å². The molecule has 0 aromatic carbocycles. The molecule has 1 aromatic rings. The maximum atomic E-state index is 11.6. The number of amides is 1. The molecule has 0 radical (unpaired) electrons. The van der Waals surface area contributed by atoms with Gasteiger partial charge in [-0.15, -0.1) is 0 Å². The highest BCUT2D eigenvalue weighted by molar-refractivity contribution is 5.92. The third-order valence-electron chi connectivity index (χ3n) is 1.99. The molecule has 0 aliphatic heterocycles. The minimum Gasteiger partial charge on any atom is -0.476 e. The van der Waals surface area contributed by atoms with Crippen LogP contribution in [0, 0.1) is 0 Å². The van der Waals surface area contributed by atoms with Crippen LogP contribution in [0.15, 0.2) is 18.3 Å². The first-order valence-electron chi connectivity index (χ1n) is 5.72. The predicted molar refractivity (Wildman–Crippen MR) is 66.7 cm³/mol. The van der Waals surface area contributed by atoms with Crippen LogP contribution in [0.1, 0.15) is 6.92 Å². The lowest BCUT2D eigenvalue weighted by Crippen LogP contribution is -2.20. The van der Waals surface area contributed by atoms with Crippen molar-refractivity contribution in [2.75, 3.05) is 38.9 Å². The molecule has 0 aliphatic carbocycles. The molecule has 0 spiro atoms. The molecule has 0 bridgehead atoms. The van der Waals surface area contributed by atoms with Crippen molar-refractivity contribution in [2.45, 2.75) is 6.92 Å². The predicted octanol–water partition coefficient (Wildman–Crippen LogP) is 1.08. The quantitative estimate of drug-likeness (QED) is 0.703. The van der Waals surface area contributed by atoms with Gasteiger partial charge in [0, 0.05) is 13.3 Å². The number of aromatic nitrogens is 1. The summed E-state index contributed by atoms with van der Waals surface area (Å²) in [5, 5.41) is 2.68. The molecular weight excluding hydrogens is 236 g/mol. The third-order valence-corrected chi connectivity index (χ3v) is 1.99. The Bertz CT molecular complexity index is 371. The summed E-state index contributed by atoms with van der Waals surface area (Å²) in [6, 6.07) is 3.45. The van der Waals surface area contributed by atoms with Crippen LogP contribution in [0.3, 0.4) is 0 Å². The minimum atomic E-state index is -0.250. The smallest absolute Gasteiger partial charge is 0.250 e. The van der Waals surface area contributed by atoms with Crippen LogP contribution in [0.4, 0.5) is 5.69 Å². The number of nitrogens with one attached hydrogen (secondary N) is 1. The van der Waals surface area contributed by atoms with Crippen molar-refractivity contribution in [3.63, 3.8) is 0 Å². The summed E-state index contributed by atoms with van der Waals surface area (Å²) in [6.07, 6.45) is 1.61. The van der Waals surface area contributed by atoms with Crippen molar-refractivity contribution < 1.29 is 19.0 Å². The number of hydrogen-bond acceptors (Lipinski definition) is 5. The molecule has 100 valence electrons. The first-order chi connectivity index (χ1) is 8.77. The van der Waals surface area contributed by atoms with Crippen LogP contribution >= 0.6 is 0 Å². The Kier molecular flexibility index (Phi) is 6.75. The Balaban J connectivity index is 2.43. The van der Waals surface area contributed by atoms with Crippen molar-refractivity contribution in [1.29, 1.82) is 0 Å². The zero-order chi connectivity index (χ0) is 13.2. The number of hydrogen-bond donors (Lipinski definition) is 1. The van der Waals surface area contributed by atoms with E-state index in [9.17, 15) is 4.79 Å². The number of ether oxygens (including phenoxy) is 3. The van der Waals surface area contributed by atoms with E-state index in [1.165, 1.54) is 0 Å². The first-order valence-corrected chi connectivity index (χ1v) is 5.72. The molecular formula is C12H18N2O4. The molecule has 0 aliphatic rings. The van der Waals surface area contributed by atoms with Crippen molar-refractivity contribution in [2.24, 2.45) is 0 Å². The van der Waals surface area contributed by atoms with Gasteiger partial charge in [0.05, 0.1) is 19.8 Å². The monoisotopic (exact) mass is 254 g/mol. The molecule has 0 saturated heterocycles. The molecule has 1 amide bonds. The Hall–Kier alpha value is -1.66. The lowest BCUT2D eigenvalue weighted by molar-refractivity contribution is -0.121. The van der Waals surface area contributed by atoms with E-state index in [1.807, 2.05) is 6.92 Å². The molecule has 6 nitrogen and oxygen atoms in total. The summed E-state index contributed by atoms with van der Waals surface area (Å²) in [7, 11) is 1.58. The average molecular weight is 254 g/mol. The van der Waals surface area contributed by atoms with Crippen molar-refractivity contribution in [3.8, 4) is 5.88 Å². The summed E-state index contributed by atoms with van der Waals surface area (Å²) in [4.78, 5) is 15.6. The van der Waals surface area contributed by atoms with Crippen molar-refractivity contribution in [3.05, 3.63) is 18.3 Å². The van der Waals surface area contributed by atoms with Crippen molar-refractivity contribution in [1.82, 2.24) is 4.98 Å². The number of methoxy groups -OCH3 is 1. The molecule has 18 heavy (non-hydrogen) atoms. The second kappa shape index (κ2) is 8.43. The standard InChI is InChI=1S/C12H18N2O4/c1-3-18-12-10(5-4-6-13-12)14-11(15)9-17-8-7-16-2/h4-6H,3,7-9H2,1-2H3,(H,14,15). The van der Waals surface area contributed by atoms with E-state index >= 15 is 0 Å². The molecule has 0 saturated carbocycles. The van der Waals surface area contributed by atoms with Crippen LogP contribution in [-0.2, 0) is 14.3 Å². The Morgan fingerprint density at radius 3 is 3.00 bits per heavy atom. The van der Waals surface area contributed by atoms with E-state index in [0.29, 0.717) is 31.4 Å². The molecule has 0 atom stereocenters. The molecule has 1 rings (SSSR count). The zero-order valence-corrected chi connectivity index (χ0v) is 10.6. The van der Waals surface area contributed by atoms with Crippen LogP contribution in [0.5, 0.6) is 5.88 Å². The van der Waals surface area contributed by atoms with E-state index in [2.05, 4.69) is 10.3 Å². The van der Waals surface area contributed by atoms with Crippen LogP contribution in [-0.4, -0.2) is 44.4 Å². The Morgan fingerprint density at radius 1 is 1.44 bits per heavy atom. The molecule has 1 aromatic heterocycles. The topological polar surface area (TPSA) is 69.7 Å². The minimum absolute atomic E-state index is 0.0240. The highest BCUT2D eigenvalue weighted by Crippen LogP contribution is 2.20. The fraction of sp³-hybridized carbons (Fsp3) is 0.500. The van der Waals surface area contributed by atoms with E-state index in [1.54, 1.807) is 25.4 Å². The lowest BCUT2D eigenvalue weighted by Gasteiger charge is -2.10. The molecule has 1 heterocycles. The van der Waals surface area contributed by atoms with E-state index in [-0.39, 0.29) is 12.5 Å². The van der Waals surface area contributed by atoms with Gasteiger partial charge in [-0.1, -0.05) is 0 Å². The number of carbonyl (C=O) groups excluding carboxylic acids is 1. The summed E-state index contributed by atoms with van der Waals surface area (Å²) in [5.41, 5.74) is 0.541. The normalized spacial score (nSPS) is 10.1. The second-order valence-corrected chi connectivity index (χ2v) is 3.38. The molecule has 1 N–H and O–H groups in total. The number of pyridine rings is 1. The largest absolute Gasteiger partial charge is 0.476 e. The summed E-state index contributed by atoms with van der Waals surface area (Å²) in [6.45, 7) is 3.17. The molecule has 0 unspecified atom stereocenters. The third kappa shape index (κ3) is 5.11. The Labute approximate surface area is 106 Å². The molecule has 6 heteroatoms. The van der Waals surface area contributed by atoms with Gasteiger partial charge in [0.15, 0.2) is 0 Å². The van der Waals surface area contributed by atoms with Crippen LogP contribution < -0.4 is 10.1 Å². The molecule has 0 fully saturated rings. The fourth-order valence-corrected chi connectivity index (χ4v) is 1.23.